The molecule has 7 N–H and O–H groups in total. The molecule has 18 heteroatoms. The Morgan fingerprint density at radius 1 is 0.574 bits per heavy atom. The summed E-state index contributed by atoms with van der Waals surface area (Å²) in [6.45, 7) is 5.32. The van der Waals surface area contributed by atoms with Crippen molar-refractivity contribution in [2.75, 3.05) is 16.4 Å². The summed E-state index contributed by atoms with van der Waals surface area (Å²) in [7, 11) is 5.34. The van der Waals surface area contributed by atoms with Crippen molar-refractivity contribution in [1.29, 1.82) is 0 Å². The number of ether oxygens (including phenoxy) is 1. The molecule has 0 aliphatic heterocycles. The number of nitrogens with two attached hydrogens (primary N) is 2. The van der Waals surface area contributed by atoms with Crippen LogP contribution in [0.4, 0.5) is 22.2 Å². The molecule has 6 aromatic heterocycles. The minimum atomic E-state index is -0.823. The van der Waals surface area contributed by atoms with E-state index in [0.717, 1.165) is 39.2 Å². The Morgan fingerprint density at radius 3 is 1.38 bits per heavy atom. The number of rotatable bonds is 12. The van der Waals surface area contributed by atoms with Crippen molar-refractivity contribution >= 4 is 35.4 Å². The molecule has 0 spiro atoms. The fraction of sp³-hybridized carbons (Fsp3) is 0.220. The Morgan fingerprint density at radius 2 is 0.971 bits per heavy atom. The van der Waals surface area contributed by atoms with Gasteiger partial charge in [-0.3, -0.25) is 38.6 Å². The molecule has 8 aromatic rings. The van der Waals surface area contributed by atoms with Crippen LogP contribution in [0.25, 0.3) is 33.8 Å². The molecule has 0 saturated heterocycles. The topological polar surface area (TPSA) is 241 Å². The molecule has 0 aliphatic carbocycles. The average molecular weight is 917 g/mol. The Hall–Kier alpha value is -8.51. The Balaban J connectivity index is 0.000000181. The van der Waals surface area contributed by atoms with Crippen LogP contribution in [-0.2, 0) is 48.3 Å². The third-order valence-electron chi connectivity index (χ3n) is 10.0. The van der Waals surface area contributed by atoms with E-state index in [4.69, 9.17) is 16.2 Å². The van der Waals surface area contributed by atoms with Crippen LogP contribution in [0.5, 0.6) is 0 Å². The second-order valence-corrected chi connectivity index (χ2v) is 16.5. The number of carbonyl (C=O) groups excluding carboxylic acids is 3. The molecule has 6 heterocycles. The molecular weight excluding hydrogens is 861 g/mol. The summed E-state index contributed by atoms with van der Waals surface area (Å²) >= 11 is 0. The lowest BCUT2D eigenvalue weighted by molar-refractivity contribution is -0.118. The van der Waals surface area contributed by atoms with Gasteiger partial charge in [0.15, 0.2) is 0 Å². The second kappa shape index (κ2) is 23.1. The minimum Gasteiger partial charge on any atom is -0.444 e. The van der Waals surface area contributed by atoms with Gasteiger partial charge in [-0.2, -0.15) is 15.3 Å². The number of pyridine rings is 3. The molecule has 0 radical (unpaired) electrons. The highest BCUT2D eigenvalue weighted by molar-refractivity contribution is 5.97. The van der Waals surface area contributed by atoms with Crippen molar-refractivity contribution in [3.63, 3.8) is 0 Å². The standard InChI is InChI=1S/C23H27N5O3.C18H19N5O.C9H10N4/c1-23(2,3)31-22(30)25-19(14-16-8-6-5-7-9-16)21(29)26-20-15-18(27-28(20)4)17-10-12-24-13-11-17;1-23-17(12-16(22-23)14-7-9-20-10-8-14)21-18(24)15(19)11-13-5-3-2-4-6-13;1-13-9(10)6-8(12-13)7-2-4-11-5-3-7/h5-13,15,19H,14H2,1-4H3,(H,25,30)(H,26,29);2-10,12,15H,11,19H2,1H3,(H,21,24);2-6H,10H2,1H3/t19-;15-;/m00./s1. The zero-order valence-corrected chi connectivity index (χ0v) is 38.8. The van der Waals surface area contributed by atoms with Gasteiger partial charge in [-0.05, 0) is 74.7 Å². The van der Waals surface area contributed by atoms with Crippen LogP contribution in [0, 0.1) is 0 Å². The number of aryl methyl sites for hydroxylation is 3. The van der Waals surface area contributed by atoms with Crippen LogP contribution in [-0.4, -0.2) is 79.9 Å². The molecule has 0 saturated carbocycles. The average Bonchev–Trinajstić information content (AvgIpc) is 4.01. The molecule has 2 aromatic carbocycles. The lowest BCUT2D eigenvalue weighted by Gasteiger charge is -2.23. The van der Waals surface area contributed by atoms with E-state index in [0.29, 0.717) is 36.0 Å². The van der Waals surface area contributed by atoms with Crippen molar-refractivity contribution < 1.29 is 19.1 Å². The summed E-state index contributed by atoms with van der Waals surface area (Å²) in [5, 5.41) is 21.5. The highest BCUT2D eigenvalue weighted by atomic mass is 16.6. The number of anilines is 3. The lowest BCUT2D eigenvalue weighted by atomic mass is 10.1. The van der Waals surface area contributed by atoms with Gasteiger partial charge in [0, 0.05) is 99.6 Å². The molecule has 68 heavy (non-hydrogen) atoms. The number of aromatic nitrogens is 9. The maximum Gasteiger partial charge on any atom is 0.408 e. The van der Waals surface area contributed by atoms with Gasteiger partial charge < -0.3 is 32.2 Å². The van der Waals surface area contributed by atoms with Crippen molar-refractivity contribution in [1.82, 2.24) is 49.6 Å². The van der Waals surface area contributed by atoms with Crippen LogP contribution in [0.1, 0.15) is 31.9 Å². The summed E-state index contributed by atoms with van der Waals surface area (Å²) in [6, 6.07) is 34.4. The van der Waals surface area contributed by atoms with Crippen LogP contribution < -0.4 is 27.4 Å². The highest BCUT2D eigenvalue weighted by Gasteiger charge is 2.26. The zero-order valence-electron chi connectivity index (χ0n) is 38.8. The van der Waals surface area contributed by atoms with Crippen molar-refractivity contribution in [2.24, 2.45) is 26.9 Å². The summed E-state index contributed by atoms with van der Waals surface area (Å²) in [5.74, 6) is 1.19. The zero-order chi connectivity index (χ0) is 48.6. The van der Waals surface area contributed by atoms with E-state index < -0.39 is 23.8 Å². The summed E-state index contributed by atoms with van der Waals surface area (Å²) in [4.78, 5) is 49.7. The number of hydrogen-bond acceptors (Lipinski definition) is 12. The van der Waals surface area contributed by atoms with E-state index in [1.165, 1.54) is 0 Å². The van der Waals surface area contributed by atoms with Gasteiger partial charge >= 0.3 is 6.09 Å². The van der Waals surface area contributed by atoms with Crippen LogP contribution in [0.2, 0.25) is 0 Å². The van der Waals surface area contributed by atoms with E-state index in [1.807, 2.05) is 116 Å². The van der Waals surface area contributed by atoms with Gasteiger partial charge in [0.25, 0.3) is 0 Å². The minimum absolute atomic E-state index is 0.233. The van der Waals surface area contributed by atoms with Crippen molar-refractivity contribution in [3.05, 3.63) is 164 Å². The van der Waals surface area contributed by atoms with Crippen LogP contribution >= 0.6 is 0 Å². The molecule has 8 rings (SSSR count). The van der Waals surface area contributed by atoms with E-state index in [9.17, 15) is 14.4 Å². The molecule has 350 valence electrons. The Labute approximate surface area is 394 Å². The number of nitrogens with zero attached hydrogens (tertiary/aromatic N) is 9. The fourth-order valence-corrected chi connectivity index (χ4v) is 6.54. The number of benzene rings is 2. The van der Waals surface area contributed by atoms with E-state index in [2.05, 4.69) is 46.2 Å². The fourth-order valence-electron chi connectivity index (χ4n) is 6.54. The number of hydrogen-bond donors (Lipinski definition) is 5. The van der Waals surface area contributed by atoms with E-state index in [1.54, 1.807) is 92.2 Å². The number of amides is 3. The second-order valence-electron chi connectivity index (χ2n) is 16.5. The van der Waals surface area contributed by atoms with Gasteiger partial charge in [0.1, 0.15) is 29.1 Å². The molecule has 3 amide bonds. The largest absolute Gasteiger partial charge is 0.444 e. The first-order valence-corrected chi connectivity index (χ1v) is 21.7. The van der Waals surface area contributed by atoms with Gasteiger partial charge in [0.05, 0.1) is 23.1 Å². The van der Waals surface area contributed by atoms with Crippen molar-refractivity contribution in [3.8, 4) is 33.8 Å². The van der Waals surface area contributed by atoms with Crippen LogP contribution in [0.3, 0.4) is 0 Å². The summed E-state index contributed by atoms with van der Waals surface area (Å²) < 4.78 is 10.2. The van der Waals surface area contributed by atoms with E-state index >= 15 is 0 Å². The molecule has 0 bridgehead atoms. The SMILES string of the molecule is Cn1nc(-c2ccncc2)cc1N.Cn1nc(-c2ccncc2)cc1NC(=O)[C@@H](N)Cc1ccccc1.Cn1nc(-c2ccncc2)cc1NC(=O)[C@H](Cc1ccccc1)NC(=O)OC(C)(C)C. The molecule has 18 nitrogen and oxygen atoms in total. The molecular formula is C50H56N14O4. The molecule has 0 unspecified atom stereocenters. The smallest absolute Gasteiger partial charge is 0.408 e. The highest BCUT2D eigenvalue weighted by Crippen LogP contribution is 2.23. The first-order chi connectivity index (χ1) is 32.6. The van der Waals surface area contributed by atoms with Gasteiger partial charge in [-0.15, -0.1) is 0 Å². The lowest BCUT2D eigenvalue weighted by Crippen LogP contribution is -2.47. The van der Waals surface area contributed by atoms with Crippen LogP contribution in [0.15, 0.2) is 152 Å². The van der Waals surface area contributed by atoms with Crippen molar-refractivity contribution in [2.45, 2.75) is 51.3 Å². The number of nitrogens with one attached hydrogen (secondary N) is 3. The Bertz CT molecular complexity index is 2830. The Kier molecular flexibility index (Phi) is 16.6. The van der Waals surface area contributed by atoms with E-state index in [-0.39, 0.29) is 11.8 Å². The predicted molar refractivity (Wildman–Crippen MR) is 262 cm³/mol. The number of alkyl carbamates (subject to hydrolysis) is 1. The monoisotopic (exact) mass is 916 g/mol. The third-order valence-corrected chi connectivity index (χ3v) is 10.0. The quantitative estimate of drug-likeness (QED) is 0.0870. The molecule has 2 atom stereocenters. The van der Waals surface area contributed by atoms with Gasteiger partial charge in [-0.25, -0.2) is 4.79 Å². The number of carbonyl (C=O) groups is 3. The number of nitrogen functional groups attached to an aromatic ring is 1. The maximum atomic E-state index is 13.1. The maximum absolute atomic E-state index is 13.1. The molecule has 0 fully saturated rings. The first kappa shape index (κ1) is 48.9. The summed E-state index contributed by atoms with van der Waals surface area (Å²) in [6.07, 6.45) is 10.4. The third kappa shape index (κ3) is 14.5. The summed E-state index contributed by atoms with van der Waals surface area (Å²) in [5.41, 5.74) is 18.2. The first-order valence-electron chi connectivity index (χ1n) is 21.7. The predicted octanol–water partition coefficient (Wildman–Crippen LogP) is 6.61. The van der Waals surface area contributed by atoms with Gasteiger partial charge in [-0.1, -0.05) is 60.7 Å². The van der Waals surface area contributed by atoms with Gasteiger partial charge in [0.2, 0.25) is 11.8 Å². The molecule has 0 aliphatic rings. The normalized spacial score (nSPS) is 11.7.